The Morgan fingerprint density at radius 1 is 1.17 bits per heavy atom. The van der Waals surface area contributed by atoms with Gasteiger partial charge >= 0.3 is 6.03 Å². The van der Waals surface area contributed by atoms with Gasteiger partial charge in [0.15, 0.2) is 0 Å². The van der Waals surface area contributed by atoms with Gasteiger partial charge in [0.05, 0.1) is 16.8 Å². The number of amides is 2. The van der Waals surface area contributed by atoms with Crippen molar-refractivity contribution in [2.45, 2.75) is 6.04 Å². The molecule has 2 N–H and O–H groups in total. The van der Waals surface area contributed by atoms with Gasteiger partial charge in [-0.15, -0.1) is 0 Å². The van der Waals surface area contributed by atoms with Crippen LogP contribution >= 0.6 is 11.6 Å². The summed E-state index contributed by atoms with van der Waals surface area (Å²) in [6.07, 6.45) is 0. The van der Waals surface area contributed by atoms with Crippen LogP contribution in [0.2, 0.25) is 5.02 Å². The summed E-state index contributed by atoms with van der Waals surface area (Å²) < 4.78 is 13.0. The van der Waals surface area contributed by atoms with Crippen molar-refractivity contribution in [2.24, 2.45) is 0 Å². The molecule has 2 rings (SSSR count). The predicted molar refractivity (Wildman–Crippen MR) is 91.3 cm³/mol. The molecule has 0 radical (unpaired) electrons. The number of likely N-dealkylation sites (N-methyl/N-ethyl adjacent to an activating group) is 1. The molecule has 0 fully saturated rings. The highest BCUT2D eigenvalue weighted by molar-refractivity contribution is 6.33. The zero-order chi connectivity index (χ0) is 16.8. The summed E-state index contributed by atoms with van der Waals surface area (Å²) in [5.41, 5.74) is 1.48. The number of rotatable bonds is 5. The lowest BCUT2D eigenvalue weighted by atomic mass is 10.1. The standard InChI is InChI=1S/C17H19ClFN3O/c1-22(2)16(12-7-9-13(19)10-8-12)11-20-17(23)21-15-6-4-3-5-14(15)18/h3-10,16H,11H2,1-2H3,(H2,20,21,23). The quantitative estimate of drug-likeness (QED) is 0.870. The van der Waals surface area contributed by atoms with Gasteiger partial charge in [-0.2, -0.15) is 0 Å². The maximum absolute atomic E-state index is 13.0. The SMILES string of the molecule is CN(C)C(CNC(=O)Nc1ccccc1Cl)c1ccc(F)cc1. The third-order valence-corrected chi connectivity index (χ3v) is 3.79. The van der Waals surface area contributed by atoms with Crippen LogP contribution < -0.4 is 10.6 Å². The molecule has 0 bridgehead atoms. The molecule has 0 aliphatic carbocycles. The first-order valence-corrected chi connectivity index (χ1v) is 7.56. The van der Waals surface area contributed by atoms with Crippen LogP contribution in [0.4, 0.5) is 14.9 Å². The molecule has 2 aromatic rings. The molecule has 6 heteroatoms. The first kappa shape index (κ1) is 17.2. The monoisotopic (exact) mass is 335 g/mol. The minimum Gasteiger partial charge on any atom is -0.336 e. The first-order chi connectivity index (χ1) is 11.0. The zero-order valence-electron chi connectivity index (χ0n) is 13.0. The minimum absolute atomic E-state index is 0.0624. The lowest BCUT2D eigenvalue weighted by molar-refractivity contribution is 0.243. The number of urea groups is 1. The highest BCUT2D eigenvalue weighted by Gasteiger charge is 2.15. The van der Waals surface area contributed by atoms with Crippen molar-refractivity contribution in [3.63, 3.8) is 0 Å². The Labute approximate surface area is 140 Å². The molecule has 0 saturated carbocycles. The zero-order valence-corrected chi connectivity index (χ0v) is 13.8. The van der Waals surface area contributed by atoms with Crippen molar-refractivity contribution in [1.29, 1.82) is 0 Å². The summed E-state index contributed by atoms with van der Waals surface area (Å²) in [7, 11) is 3.81. The van der Waals surface area contributed by atoms with Gasteiger partial charge in [-0.25, -0.2) is 9.18 Å². The molecule has 2 aromatic carbocycles. The molecule has 0 heterocycles. The number of nitrogens with one attached hydrogen (secondary N) is 2. The highest BCUT2D eigenvalue weighted by atomic mass is 35.5. The van der Waals surface area contributed by atoms with Crippen LogP contribution in [0.25, 0.3) is 0 Å². The fraction of sp³-hybridized carbons (Fsp3) is 0.235. The smallest absolute Gasteiger partial charge is 0.319 e. The number of hydrogen-bond donors (Lipinski definition) is 2. The summed E-state index contributed by atoms with van der Waals surface area (Å²) in [6.45, 7) is 0.384. The van der Waals surface area contributed by atoms with Crippen LogP contribution in [0.3, 0.4) is 0 Å². The van der Waals surface area contributed by atoms with Crippen LogP contribution in [0, 0.1) is 5.82 Å². The topological polar surface area (TPSA) is 44.4 Å². The fourth-order valence-electron chi connectivity index (χ4n) is 2.20. The Morgan fingerprint density at radius 2 is 1.83 bits per heavy atom. The third kappa shape index (κ3) is 4.94. The Balaban J connectivity index is 1.97. The fourth-order valence-corrected chi connectivity index (χ4v) is 2.38. The molecule has 2 amide bonds. The van der Waals surface area contributed by atoms with E-state index in [0.29, 0.717) is 17.3 Å². The number of benzene rings is 2. The Morgan fingerprint density at radius 3 is 2.43 bits per heavy atom. The summed E-state index contributed by atoms with van der Waals surface area (Å²) in [6, 6.07) is 12.9. The molecule has 23 heavy (non-hydrogen) atoms. The summed E-state index contributed by atoms with van der Waals surface area (Å²) >= 11 is 6.01. The second kappa shape index (κ2) is 7.94. The van der Waals surface area contributed by atoms with E-state index in [4.69, 9.17) is 11.6 Å². The largest absolute Gasteiger partial charge is 0.336 e. The molecular weight excluding hydrogens is 317 g/mol. The van der Waals surface area contributed by atoms with Crippen molar-refractivity contribution in [3.8, 4) is 0 Å². The molecule has 0 spiro atoms. The van der Waals surface area contributed by atoms with Gasteiger partial charge in [-0.05, 0) is 43.9 Å². The van der Waals surface area contributed by atoms with E-state index in [1.807, 2.05) is 19.0 Å². The number of carbonyl (C=O) groups is 1. The highest BCUT2D eigenvalue weighted by Crippen LogP contribution is 2.21. The average molecular weight is 336 g/mol. The summed E-state index contributed by atoms with van der Waals surface area (Å²) in [5, 5.41) is 5.99. The van der Waals surface area contributed by atoms with E-state index in [9.17, 15) is 9.18 Å². The summed E-state index contributed by atoms with van der Waals surface area (Å²) in [5.74, 6) is -0.282. The maximum Gasteiger partial charge on any atom is 0.319 e. The van der Waals surface area contributed by atoms with Gasteiger partial charge < -0.3 is 15.5 Å². The minimum atomic E-state index is -0.341. The maximum atomic E-state index is 13.0. The van der Waals surface area contributed by atoms with Crippen LogP contribution in [0.5, 0.6) is 0 Å². The van der Waals surface area contributed by atoms with Crippen LogP contribution in [0.15, 0.2) is 48.5 Å². The summed E-state index contributed by atoms with van der Waals surface area (Å²) in [4.78, 5) is 14.0. The second-order valence-electron chi connectivity index (χ2n) is 5.35. The van der Waals surface area contributed by atoms with E-state index >= 15 is 0 Å². The number of hydrogen-bond acceptors (Lipinski definition) is 2. The molecule has 1 atom stereocenters. The first-order valence-electron chi connectivity index (χ1n) is 7.18. The van der Waals surface area contributed by atoms with E-state index < -0.39 is 0 Å². The van der Waals surface area contributed by atoms with Gasteiger partial charge in [0.25, 0.3) is 0 Å². The molecule has 122 valence electrons. The third-order valence-electron chi connectivity index (χ3n) is 3.46. The van der Waals surface area contributed by atoms with Crippen molar-refractivity contribution in [2.75, 3.05) is 26.0 Å². The number of nitrogens with zero attached hydrogens (tertiary/aromatic N) is 1. The van der Waals surface area contributed by atoms with Gasteiger partial charge in [0, 0.05) is 6.54 Å². The van der Waals surface area contributed by atoms with Crippen molar-refractivity contribution in [1.82, 2.24) is 10.2 Å². The number of halogens is 2. The van der Waals surface area contributed by atoms with E-state index in [1.54, 1.807) is 36.4 Å². The number of para-hydroxylation sites is 1. The normalized spacial score (nSPS) is 12.0. The van der Waals surface area contributed by atoms with Crippen LogP contribution in [-0.2, 0) is 0 Å². The number of anilines is 1. The van der Waals surface area contributed by atoms with Gasteiger partial charge in [0.1, 0.15) is 5.82 Å². The van der Waals surface area contributed by atoms with Crippen LogP contribution in [-0.4, -0.2) is 31.6 Å². The molecule has 0 aliphatic rings. The molecule has 0 saturated heterocycles. The molecule has 0 aliphatic heterocycles. The second-order valence-corrected chi connectivity index (χ2v) is 5.75. The van der Waals surface area contributed by atoms with Crippen molar-refractivity contribution in [3.05, 3.63) is 64.9 Å². The van der Waals surface area contributed by atoms with Gasteiger partial charge in [0.2, 0.25) is 0 Å². The predicted octanol–water partition coefficient (Wildman–Crippen LogP) is 3.90. The Bertz CT molecular complexity index is 661. The van der Waals surface area contributed by atoms with Crippen molar-refractivity contribution < 1.29 is 9.18 Å². The van der Waals surface area contributed by atoms with Gasteiger partial charge in [-0.1, -0.05) is 35.9 Å². The molecule has 4 nitrogen and oxygen atoms in total. The molecular formula is C17H19ClFN3O. The Hall–Kier alpha value is -2.11. The lowest BCUT2D eigenvalue weighted by Crippen LogP contribution is -2.36. The van der Waals surface area contributed by atoms with E-state index in [1.165, 1.54) is 12.1 Å². The van der Waals surface area contributed by atoms with E-state index in [-0.39, 0.29) is 17.9 Å². The van der Waals surface area contributed by atoms with Crippen molar-refractivity contribution >= 4 is 23.3 Å². The average Bonchev–Trinajstić information content (AvgIpc) is 2.51. The van der Waals surface area contributed by atoms with E-state index in [2.05, 4.69) is 10.6 Å². The molecule has 1 unspecified atom stereocenters. The van der Waals surface area contributed by atoms with Gasteiger partial charge in [-0.3, -0.25) is 0 Å². The lowest BCUT2D eigenvalue weighted by Gasteiger charge is -2.25. The van der Waals surface area contributed by atoms with E-state index in [0.717, 1.165) is 5.56 Å². The Kier molecular flexibility index (Phi) is 5.96. The van der Waals surface area contributed by atoms with Crippen LogP contribution in [0.1, 0.15) is 11.6 Å². The number of carbonyl (C=O) groups excluding carboxylic acids is 1. The molecule has 0 aromatic heterocycles.